The van der Waals surface area contributed by atoms with Crippen LogP contribution in [0.1, 0.15) is 86.0 Å². The van der Waals surface area contributed by atoms with E-state index in [1.807, 2.05) is 0 Å². The molecule has 0 heterocycles. The highest BCUT2D eigenvalue weighted by molar-refractivity contribution is 5.86. The summed E-state index contributed by atoms with van der Waals surface area (Å²) in [6, 6.07) is 0. The van der Waals surface area contributed by atoms with Crippen molar-refractivity contribution < 1.29 is 23.9 Å². The summed E-state index contributed by atoms with van der Waals surface area (Å²) in [6.07, 6.45) is 7.18. The molecule has 4 aliphatic rings. The van der Waals surface area contributed by atoms with Gasteiger partial charge >= 0.3 is 11.9 Å². The first-order chi connectivity index (χ1) is 14.0. The number of esters is 2. The zero-order valence-electron chi connectivity index (χ0n) is 19.1. The van der Waals surface area contributed by atoms with Crippen LogP contribution in [0.2, 0.25) is 0 Å². The summed E-state index contributed by atoms with van der Waals surface area (Å²) in [7, 11) is 0. The number of rotatable bonds is 3. The van der Waals surface area contributed by atoms with Gasteiger partial charge in [-0.05, 0) is 56.8 Å². The van der Waals surface area contributed by atoms with Crippen molar-refractivity contribution in [1.82, 2.24) is 0 Å². The van der Waals surface area contributed by atoms with Gasteiger partial charge in [0.15, 0.2) is 0 Å². The Kier molecular flexibility index (Phi) is 5.18. The normalized spacial score (nSPS) is 39.6. The number of Topliss-reactive ketones (excluding diaryl/α,β-unsaturated/α-hetero) is 1. The maximum atomic E-state index is 12.8. The summed E-state index contributed by atoms with van der Waals surface area (Å²) in [5.41, 5.74) is 2.35. The number of hydrogen-bond donors (Lipinski definition) is 0. The number of hydrogen-bond acceptors (Lipinski definition) is 5. The fourth-order valence-corrected chi connectivity index (χ4v) is 7.67. The molecule has 0 saturated heterocycles. The monoisotopic (exact) mass is 416 g/mol. The summed E-state index contributed by atoms with van der Waals surface area (Å²) in [6.45, 7) is 9.84. The molecule has 5 nitrogen and oxygen atoms in total. The summed E-state index contributed by atoms with van der Waals surface area (Å²) >= 11 is 0. The second-order valence-corrected chi connectivity index (χ2v) is 10.9. The highest BCUT2D eigenvalue weighted by Crippen LogP contribution is 2.66. The van der Waals surface area contributed by atoms with Crippen molar-refractivity contribution in [1.29, 1.82) is 0 Å². The van der Waals surface area contributed by atoms with E-state index in [-0.39, 0.29) is 34.8 Å². The quantitative estimate of drug-likeness (QED) is 0.489. The van der Waals surface area contributed by atoms with Gasteiger partial charge in [-0.15, -0.1) is 0 Å². The van der Waals surface area contributed by atoms with E-state index in [2.05, 4.69) is 20.8 Å². The minimum atomic E-state index is -0.395. The first-order valence-electron chi connectivity index (χ1n) is 11.6. The van der Waals surface area contributed by atoms with Gasteiger partial charge in [0.25, 0.3) is 0 Å². The molecular weight excluding hydrogens is 380 g/mol. The van der Waals surface area contributed by atoms with E-state index in [1.165, 1.54) is 25.0 Å². The Bertz CT molecular complexity index is 808. The Morgan fingerprint density at radius 2 is 1.70 bits per heavy atom. The van der Waals surface area contributed by atoms with Crippen LogP contribution in [0.25, 0.3) is 0 Å². The van der Waals surface area contributed by atoms with Crippen molar-refractivity contribution in [2.75, 3.05) is 6.61 Å². The van der Waals surface area contributed by atoms with Gasteiger partial charge < -0.3 is 9.47 Å². The third kappa shape index (κ3) is 3.06. The molecule has 30 heavy (non-hydrogen) atoms. The van der Waals surface area contributed by atoms with Crippen LogP contribution < -0.4 is 0 Å². The van der Waals surface area contributed by atoms with Crippen molar-refractivity contribution in [3.05, 3.63) is 11.1 Å². The summed E-state index contributed by atoms with van der Waals surface area (Å²) in [5.74, 6) is 0.526. The van der Waals surface area contributed by atoms with Gasteiger partial charge in [0.1, 0.15) is 18.5 Å². The molecule has 4 aliphatic carbocycles. The van der Waals surface area contributed by atoms with Crippen LogP contribution in [-0.4, -0.2) is 30.4 Å². The highest BCUT2D eigenvalue weighted by Gasteiger charge is 2.61. The second-order valence-electron chi connectivity index (χ2n) is 10.9. The first-order valence-corrected chi connectivity index (χ1v) is 11.6. The average molecular weight is 417 g/mol. The van der Waals surface area contributed by atoms with Crippen molar-refractivity contribution >= 4 is 17.7 Å². The predicted molar refractivity (Wildman–Crippen MR) is 112 cm³/mol. The van der Waals surface area contributed by atoms with Crippen molar-refractivity contribution in [3.8, 4) is 0 Å². The summed E-state index contributed by atoms with van der Waals surface area (Å²) in [4.78, 5) is 36.3. The van der Waals surface area contributed by atoms with Crippen LogP contribution in [0.5, 0.6) is 0 Å². The van der Waals surface area contributed by atoms with E-state index < -0.39 is 5.41 Å². The molecular formula is C25H36O5. The standard InChI is InChI=1S/C25H36O5/c1-15(26)29-14-25-13-11-21(28)23(3,4)20(25)8-6-17-18-7-9-22(30-16(2)27)24(18,5)12-10-19(17)25/h18,20,22H,6-14H2,1-5H3. The molecule has 0 aromatic heterocycles. The Hall–Kier alpha value is -1.65. The van der Waals surface area contributed by atoms with Crippen molar-refractivity contribution in [2.24, 2.45) is 28.1 Å². The molecule has 0 aromatic carbocycles. The maximum absolute atomic E-state index is 12.8. The molecule has 2 saturated carbocycles. The Balaban J connectivity index is 1.76. The van der Waals surface area contributed by atoms with E-state index in [0.717, 1.165) is 44.9 Å². The van der Waals surface area contributed by atoms with E-state index >= 15 is 0 Å². The third-order valence-electron chi connectivity index (χ3n) is 9.17. The van der Waals surface area contributed by atoms with Crippen LogP contribution in [0.15, 0.2) is 11.1 Å². The Morgan fingerprint density at radius 3 is 2.37 bits per heavy atom. The van der Waals surface area contributed by atoms with Gasteiger partial charge in [0.05, 0.1) is 0 Å². The molecule has 0 aliphatic heterocycles. The van der Waals surface area contributed by atoms with Gasteiger partial charge in [0.2, 0.25) is 0 Å². The lowest BCUT2D eigenvalue weighted by atomic mass is 9.46. The molecule has 0 spiro atoms. The number of fused-ring (bicyclic) bond motifs is 4. The number of allylic oxidation sites excluding steroid dienone is 1. The molecule has 0 amide bonds. The molecule has 0 radical (unpaired) electrons. The minimum Gasteiger partial charge on any atom is -0.465 e. The Morgan fingerprint density at radius 1 is 0.967 bits per heavy atom. The minimum absolute atomic E-state index is 0.0134. The SMILES string of the molecule is CC(=O)OCC12CCC(=O)C(C)(C)C1CCC1=C2CCC2(C)C(OC(C)=O)CCC12. The van der Waals surface area contributed by atoms with Crippen LogP contribution in [0, 0.1) is 28.1 Å². The fraction of sp³-hybridized carbons (Fsp3) is 0.800. The Labute approximate surface area is 179 Å². The van der Waals surface area contributed by atoms with Crippen molar-refractivity contribution in [2.45, 2.75) is 92.1 Å². The third-order valence-corrected chi connectivity index (χ3v) is 9.17. The zero-order valence-corrected chi connectivity index (χ0v) is 19.1. The van der Waals surface area contributed by atoms with Crippen LogP contribution >= 0.6 is 0 Å². The van der Waals surface area contributed by atoms with E-state index in [0.29, 0.717) is 24.7 Å². The van der Waals surface area contributed by atoms with Gasteiger partial charge in [-0.1, -0.05) is 31.9 Å². The molecule has 5 unspecified atom stereocenters. The molecule has 5 heteroatoms. The van der Waals surface area contributed by atoms with Crippen LogP contribution in [-0.2, 0) is 23.9 Å². The summed E-state index contributed by atoms with van der Waals surface area (Å²) in [5, 5.41) is 0. The lowest BCUT2D eigenvalue weighted by Crippen LogP contribution is -2.55. The molecule has 0 bridgehead atoms. The smallest absolute Gasteiger partial charge is 0.302 e. The second kappa shape index (κ2) is 7.20. The molecule has 2 fully saturated rings. The van der Waals surface area contributed by atoms with Gasteiger partial charge in [0, 0.05) is 36.5 Å². The largest absolute Gasteiger partial charge is 0.465 e. The van der Waals surface area contributed by atoms with Crippen LogP contribution in [0.4, 0.5) is 0 Å². The van der Waals surface area contributed by atoms with Crippen LogP contribution in [0.3, 0.4) is 0 Å². The van der Waals surface area contributed by atoms with E-state index in [1.54, 1.807) is 0 Å². The molecule has 5 atom stereocenters. The lowest BCUT2D eigenvalue weighted by Gasteiger charge is -2.58. The maximum Gasteiger partial charge on any atom is 0.302 e. The zero-order chi connectivity index (χ0) is 21.9. The molecule has 4 rings (SSSR count). The molecule has 0 aromatic rings. The van der Waals surface area contributed by atoms with Gasteiger partial charge in [-0.3, -0.25) is 14.4 Å². The predicted octanol–water partition coefficient (Wildman–Crippen LogP) is 4.77. The van der Waals surface area contributed by atoms with Gasteiger partial charge in [-0.25, -0.2) is 0 Å². The first kappa shape index (κ1) is 21.6. The van der Waals surface area contributed by atoms with Gasteiger partial charge in [-0.2, -0.15) is 0 Å². The van der Waals surface area contributed by atoms with Crippen molar-refractivity contribution in [3.63, 3.8) is 0 Å². The number of carbonyl (C=O) groups is 3. The lowest BCUT2D eigenvalue weighted by molar-refractivity contribution is -0.154. The number of ether oxygens (including phenoxy) is 2. The fourth-order valence-electron chi connectivity index (χ4n) is 7.67. The topological polar surface area (TPSA) is 69.7 Å². The molecule has 0 N–H and O–H groups in total. The molecule has 166 valence electrons. The average Bonchev–Trinajstić information content (AvgIpc) is 2.99. The van der Waals surface area contributed by atoms with E-state index in [4.69, 9.17) is 9.47 Å². The summed E-state index contributed by atoms with van der Waals surface area (Å²) < 4.78 is 11.4. The highest BCUT2D eigenvalue weighted by atomic mass is 16.5. The van der Waals surface area contributed by atoms with E-state index in [9.17, 15) is 14.4 Å². The number of ketones is 1. The number of carbonyl (C=O) groups excluding carboxylic acids is 3.